The van der Waals surface area contributed by atoms with Crippen molar-refractivity contribution >= 4 is 15.9 Å². The topological polar surface area (TPSA) is 33.0 Å². The van der Waals surface area contributed by atoms with Gasteiger partial charge in [-0.2, -0.15) is 5.26 Å². The third-order valence-electron chi connectivity index (χ3n) is 4.82. The summed E-state index contributed by atoms with van der Waals surface area (Å²) in [6.07, 6.45) is 6.20. The molecule has 1 aliphatic carbocycles. The van der Waals surface area contributed by atoms with Gasteiger partial charge >= 0.3 is 0 Å². The lowest BCUT2D eigenvalue weighted by molar-refractivity contribution is 0.217. The maximum Gasteiger partial charge on any atom is 0.125 e. The van der Waals surface area contributed by atoms with Gasteiger partial charge < -0.3 is 4.74 Å². The van der Waals surface area contributed by atoms with Crippen LogP contribution in [0, 0.1) is 22.7 Å². The van der Waals surface area contributed by atoms with Gasteiger partial charge in [-0.05, 0) is 61.3 Å². The largest absolute Gasteiger partial charge is 0.493 e. The van der Waals surface area contributed by atoms with Gasteiger partial charge in [0.05, 0.1) is 18.1 Å². The van der Waals surface area contributed by atoms with Crippen LogP contribution in [-0.4, -0.2) is 6.61 Å². The molecule has 3 heteroatoms. The normalized spacial score (nSPS) is 28.6. The maximum absolute atomic E-state index is 9.70. The van der Waals surface area contributed by atoms with E-state index in [-0.39, 0.29) is 5.41 Å². The minimum absolute atomic E-state index is 0.187. The van der Waals surface area contributed by atoms with E-state index in [9.17, 15) is 5.26 Å². The van der Waals surface area contributed by atoms with Gasteiger partial charge in [0.25, 0.3) is 0 Å². The lowest BCUT2D eigenvalue weighted by Gasteiger charge is -2.34. The van der Waals surface area contributed by atoms with E-state index in [4.69, 9.17) is 4.74 Å². The second-order valence-corrected chi connectivity index (χ2v) is 7.32. The summed E-state index contributed by atoms with van der Waals surface area (Å²) in [6, 6.07) is 6.91. The molecule has 0 atom stereocenters. The van der Waals surface area contributed by atoms with Gasteiger partial charge in [-0.3, -0.25) is 0 Å². The van der Waals surface area contributed by atoms with Crippen LogP contribution >= 0.6 is 15.9 Å². The van der Waals surface area contributed by atoms with Gasteiger partial charge in [0.15, 0.2) is 0 Å². The Hall–Kier alpha value is -1.01. The fourth-order valence-electron chi connectivity index (χ4n) is 3.48. The molecule has 1 aromatic carbocycles. The molecular weight excluding hydrogens is 314 g/mol. The Labute approximate surface area is 129 Å². The summed E-state index contributed by atoms with van der Waals surface area (Å²) in [6.45, 7) is 3.07. The van der Waals surface area contributed by atoms with E-state index in [1.165, 1.54) is 24.0 Å². The zero-order valence-electron chi connectivity index (χ0n) is 11.9. The number of ether oxygens (including phenoxy) is 1. The maximum atomic E-state index is 9.70. The van der Waals surface area contributed by atoms with Crippen molar-refractivity contribution in [3.05, 3.63) is 27.7 Å². The van der Waals surface area contributed by atoms with Crippen molar-refractivity contribution in [3.8, 4) is 11.8 Å². The highest BCUT2D eigenvalue weighted by molar-refractivity contribution is 9.10. The molecule has 0 bridgehead atoms. The van der Waals surface area contributed by atoms with Gasteiger partial charge in [0.1, 0.15) is 5.75 Å². The number of fused-ring (bicyclic) bond motifs is 1. The van der Waals surface area contributed by atoms with Crippen LogP contribution in [0.1, 0.15) is 43.7 Å². The highest BCUT2D eigenvalue weighted by Gasteiger charge is 2.36. The number of hydrogen-bond donors (Lipinski definition) is 0. The molecule has 1 fully saturated rings. The molecule has 0 aromatic heterocycles. The van der Waals surface area contributed by atoms with Crippen LogP contribution in [0.3, 0.4) is 0 Å². The SMILES string of the molecule is CC1CCC(C#N)(Cc2cc(Br)cc3c2OCC3)CC1. The molecule has 2 nitrogen and oxygen atoms in total. The zero-order chi connectivity index (χ0) is 14.2. The molecule has 1 heterocycles. The number of nitrogens with zero attached hydrogens (tertiary/aromatic N) is 1. The Kier molecular flexibility index (Phi) is 3.77. The molecule has 1 aliphatic heterocycles. The van der Waals surface area contributed by atoms with Gasteiger partial charge in [-0.1, -0.05) is 22.9 Å². The average molecular weight is 334 g/mol. The lowest BCUT2D eigenvalue weighted by Crippen LogP contribution is -2.27. The van der Waals surface area contributed by atoms with E-state index in [0.29, 0.717) is 0 Å². The first-order valence-corrected chi connectivity index (χ1v) is 8.26. The van der Waals surface area contributed by atoms with Crippen molar-refractivity contribution in [1.29, 1.82) is 5.26 Å². The molecule has 20 heavy (non-hydrogen) atoms. The number of hydrogen-bond acceptors (Lipinski definition) is 2. The molecule has 0 N–H and O–H groups in total. The molecule has 0 radical (unpaired) electrons. The minimum atomic E-state index is -0.187. The van der Waals surface area contributed by atoms with E-state index in [2.05, 4.69) is 41.1 Å². The summed E-state index contributed by atoms with van der Waals surface area (Å²) in [5.74, 6) is 1.81. The molecule has 0 unspecified atom stereocenters. The van der Waals surface area contributed by atoms with Crippen LogP contribution in [0.25, 0.3) is 0 Å². The highest BCUT2D eigenvalue weighted by atomic mass is 79.9. The van der Waals surface area contributed by atoms with E-state index >= 15 is 0 Å². The van der Waals surface area contributed by atoms with E-state index in [1.54, 1.807) is 0 Å². The fourth-order valence-corrected chi connectivity index (χ4v) is 4.04. The number of rotatable bonds is 2. The van der Waals surface area contributed by atoms with Gasteiger partial charge in [0.2, 0.25) is 0 Å². The van der Waals surface area contributed by atoms with E-state index in [0.717, 1.165) is 48.4 Å². The second-order valence-electron chi connectivity index (χ2n) is 6.40. The number of nitriles is 1. The van der Waals surface area contributed by atoms with Crippen LogP contribution in [0.4, 0.5) is 0 Å². The quantitative estimate of drug-likeness (QED) is 0.789. The molecule has 1 aromatic rings. The minimum Gasteiger partial charge on any atom is -0.493 e. The molecule has 2 aliphatic rings. The zero-order valence-corrected chi connectivity index (χ0v) is 13.5. The summed E-state index contributed by atoms with van der Waals surface area (Å²) in [4.78, 5) is 0. The highest BCUT2D eigenvalue weighted by Crippen LogP contribution is 2.44. The molecule has 0 amide bonds. The van der Waals surface area contributed by atoms with E-state index in [1.807, 2.05) is 0 Å². The van der Waals surface area contributed by atoms with Crippen molar-refractivity contribution in [1.82, 2.24) is 0 Å². The Bertz CT molecular complexity index is 553. The summed E-state index contributed by atoms with van der Waals surface area (Å²) < 4.78 is 6.91. The first-order chi connectivity index (χ1) is 9.62. The second kappa shape index (κ2) is 5.41. The predicted octanol–water partition coefficient (Wildman–Crippen LogP) is 4.65. The summed E-state index contributed by atoms with van der Waals surface area (Å²) >= 11 is 3.59. The predicted molar refractivity (Wildman–Crippen MR) is 82.7 cm³/mol. The van der Waals surface area contributed by atoms with Crippen LogP contribution in [0.5, 0.6) is 5.75 Å². The Morgan fingerprint density at radius 2 is 2.15 bits per heavy atom. The smallest absolute Gasteiger partial charge is 0.125 e. The van der Waals surface area contributed by atoms with E-state index < -0.39 is 0 Å². The van der Waals surface area contributed by atoms with Crippen molar-refractivity contribution in [2.45, 2.75) is 45.4 Å². The van der Waals surface area contributed by atoms with Crippen LogP contribution in [-0.2, 0) is 12.8 Å². The summed E-state index contributed by atoms with van der Waals surface area (Å²) in [5.41, 5.74) is 2.31. The monoisotopic (exact) mass is 333 g/mol. The molecule has 0 spiro atoms. The first-order valence-electron chi connectivity index (χ1n) is 7.47. The summed E-state index contributed by atoms with van der Waals surface area (Å²) in [7, 11) is 0. The Balaban J connectivity index is 1.89. The Morgan fingerprint density at radius 3 is 2.85 bits per heavy atom. The molecular formula is C17H20BrNO. The standard InChI is InChI=1S/C17H20BrNO/c1-12-2-5-17(11-19,6-3-12)10-14-9-15(18)8-13-4-7-20-16(13)14/h8-9,12H,2-7,10H2,1H3. The third-order valence-corrected chi connectivity index (χ3v) is 5.28. The first kappa shape index (κ1) is 13.9. The molecule has 0 saturated heterocycles. The fraction of sp³-hybridized carbons (Fsp3) is 0.588. The lowest BCUT2D eigenvalue weighted by atomic mass is 9.68. The molecule has 3 rings (SSSR count). The molecule has 106 valence electrons. The summed E-state index contributed by atoms with van der Waals surface area (Å²) in [5, 5.41) is 9.70. The van der Waals surface area contributed by atoms with Crippen LogP contribution < -0.4 is 4.74 Å². The van der Waals surface area contributed by atoms with Gasteiger partial charge in [-0.15, -0.1) is 0 Å². The van der Waals surface area contributed by atoms with Crippen molar-refractivity contribution in [2.75, 3.05) is 6.61 Å². The van der Waals surface area contributed by atoms with Crippen molar-refractivity contribution in [3.63, 3.8) is 0 Å². The number of halogens is 1. The number of benzene rings is 1. The molecule has 1 saturated carbocycles. The van der Waals surface area contributed by atoms with Crippen LogP contribution in [0.15, 0.2) is 16.6 Å². The van der Waals surface area contributed by atoms with Crippen molar-refractivity contribution in [2.24, 2.45) is 11.3 Å². The van der Waals surface area contributed by atoms with Gasteiger partial charge in [0, 0.05) is 10.9 Å². The third kappa shape index (κ3) is 2.59. The average Bonchev–Trinajstić information content (AvgIpc) is 2.90. The van der Waals surface area contributed by atoms with Gasteiger partial charge in [-0.25, -0.2) is 0 Å². The Morgan fingerprint density at radius 1 is 1.40 bits per heavy atom. The van der Waals surface area contributed by atoms with Crippen LogP contribution in [0.2, 0.25) is 0 Å². The van der Waals surface area contributed by atoms with Crippen molar-refractivity contribution < 1.29 is 4.74 Å².